The number of para-hydroxylation sites is 1. The molecule has 3 amide bonds. The first-order valence-corrected chi connectivity index (χ1v) is 10.8. The van der Waals surface area contributed by atoms with Crippen LogP contribution in [0.5, 0.6) is 5.75 Å². The van der Waals surface area contributed by atoms with Gasteiger partial charge in [-0.25, -0.2) is 9.59 Å². The predicted octanol–water partition coefficient (Wildman–Crippen LogP) is 3.90. The topological polar surface area (TPSA) is 106 Å². The third kappa shape index (κ3) is 5.52. The highest BCUT2D eigenvalue weighted by atomic mass is 16.6. The molecule has 1 heterocycles. The summed E-state index contributed by atoms with van der Waals surface area (Å²) < 4.78 is 10.9. The van der Waals surface area contributed by atoms with E-state index in [0.29, 0.717) is 28.3 Å². The second kappa shape index (κ2) is 10.2. The normalized spacial score (nSPS) is 16.4. The summed E-state index contributed by atoms with van der Waals surface area (Å²) in [6.07, 6.45) is -0.860. The lowest BCUT2D eigenvalue weighted by Gasteiger charge is -2.30. The van der Waals surface area contributed by atoms with E-state index in [2.05, 4.69) is 16.0 Å². The van der Waals surface area contributed by atoms with E-state index < -0.39 is 24.1 Å². The van der Waals surface area contributed by atoms with E-state index in [9.17, 15) is 14.4 Å². The molecule has 3 rings (SSSR count). The van der Waals surface area contributed by atoms with Gasteiger partial charge in [-0.2, -0.15) is 0 Å². The Hall–Kier alpha value is -3.81. The number of ether oxygens (including phenoxy) is 2. The van der Waals surface area contributed by atoms with E-state index >= 15 is 0 Å². The number of benzene rings is 2. The summed E-state index contributed by atoms with van der Waals surface area (Å²) in [6, 6.07) is 11.4. The molecule has 2 atom stereocenters. The first-order chi connectivity index (χ1) is 15.7. The fraction of sp³-hybridized carbons (Fsp3) is 0.320. The van der Waals surface area contributed by atoms with Crippen LogP contribution in [0.2, 0.25) is 0 Å². The van der Waals surface area contributed by atoms with Crippen molar-refractivity contribution >= 4 is 23.6 Å². The van der Waals surface area contributed by atoms with E-state index in [-0.39, 0.29) is 12.5 Å². The molecule has 33 heavy (non-hydrogen) atoms. The standard InChI is InChI=1S/C25H29N3O5/c1-6-32-24(30)17(5)33-20-10-8-7-9-19(20)22-21(16(4)26-25(31)28-22)23(29)27-18-12-11-14(2)15(3)13-18/h7-13,17,22H,6H2,1-5H3,(H,27,29)(H2,26,28,31)/t17-,22-/m1/s1. The van der Waals surface area contributed by atoms with Crippen molar-refractivity contribution in [3.05, 3.63) is 70.4 Å². The van der Waals surface area contributed by atoms with Crippen molar-refractivity contribution in [1.29, 1.82) is 0 Å². The van der Waals surface area contributed by atoms with Crippen LogP contribution >= 0.6 is 0 Å². The molecule has 0 saturated carbocycles. The van der Waals surface area contributed by atoms with E-state index in [1.165, 1.54) is 0 Å². The maximum atomic E-state index is 13.3. The van der Waals surface area contributed by atoms with Crippen LogP contribution in [-0.4, -0.2) is 30.6 Å². The lowest BCUT2D eigenvalue weighted by molar-refractivity contribution is -0.150. The molecule has 0 radical (unpaired) electrons. The van der Waals surface area contributed by atoms with Crippen LogP contribution in [0.15, 0.2) is 53.7 Å². The molecule has 0 spiro atoms. The second-order valence-electron chi connectivity index (χ2n) is 7.87. The maximum Gasteiger partial charge on any atom is 0.347 e. The molecule has 2 aromatic rings. The Balaban J connectivity index is 1.94. The Morgan fingerprint density at radius 2 is 1.82 bits per heavy atom. The summed E-state index contributed by atoms with van der Waals surface area (Å²) in [7, 11) is 0. The minimum atomic E-state index is -0.860. The highest BCUT2D eigenvalue weighted by molar-refractivity contribution is 6.07. The van der Waals surface area contributed by atoms with E-state index in [1.54, 1.807) is 45.0 Å². The van der Waals surface area contributed by atoms with Gasteiger partial charge >= 0.3 is 12.0 Å². The van der Waals surface area contributed by atoms with Crippen molar-refractivity contribution in [2.24, 2.45) is 0 Å². The molecule has 3 N–H and O–H groups in total. The monoisotopic (exact) mass is 451 g/mol. The van der Waals surface area contributed by atoms with E-state index in [4.69, 9.17) is 9.47 Å². The Bertz CT molecular complexity index is 1110. The summed E-state index contributed by atoms with van der Waals surface area (Å²) in [4.78, 5) is 37.7. The number of nitrogens with one attached hydrogen (secondary N) is 3. The molecule has 0 bridgehead atoms. The predicted molar refractivity (Wildman–Crippen MR) is 125 cm³/mol. The zero-order valence-electron chi connectivity index (χ0n) is 19.4. The number of urea groups is 1. The van der Waals surface area contributed by atoms with Crippen molar-refractivity contribution in [2.45, 2.75) is 46.8 Å². The molecule has 1 aliphatic heterocycles. The second-order valence-corrected chi connectivity index (χ2v) is 7.87. The molecular weight excluding hydrogens is 422 g/mol. The van der Waals surface area contributed by atoms with Crippen molar-refractivity contribution < 1.29 is 23.9 Å². The number of rotatable bonds is 7. The Labute approximate surface area is 193 Å². The number of hydrogen-bond acceptors (Lipinski definition) is 5. The molecule has 0 aliphatic carbocycles. The van der Waals surface area contributed by atoms with Gasteiger partial charge in [-0.1, -0.05) is 24.3 Å². The largest absolute Gasteiger partial charge is 0.479 e. The molecule has 2 aromatic carbocycles. The van der Waals surface area contributed by atoms with Gasteiger partial charge in [0.05, 0.1) is 18.2 Å². The number of allylic oxidation sites excluding steroid dienone is 1. The Kier molecular flexibility index (Phi) is 7.37. The third-order valence-electron chi connectivity index (χ3n) is 5.43. The Morgan fingerprint density at radius 3 is 2.52 bits per heavy atom. The van der Waals surface area contributed by atoms with Gasteiger partial charge in [-0.05, 0) is 63.9 Å². The number of carbonyl (C=O) groups is 3. The van der Waals surface area contributed by atoms with Crippen LogP contribution in [0.3, 0.4) is 0 Å². The number of aryl methyl sites for hydroxylation is 2. The van der Waals surface area contributed by atoms with Gasteiger partial charge < -0.3 is 25.4 Å². The molecule has 0 aromatic heterocycles. The number of anilines is 1. The molecule has 0 unspecified atom stereocenters. The summed E-state index contributed by atoms with van der Waals surface area (Å²) in [5.74, 6) is -0.489. The zero-order chi connectivity index (χ0) is 24.1. The molecule has 1 aliphatic rings. The van der Waals surface area contributed by atoms with Crippen LogP contribution in [-0.2, 0) is 14.3 Å². The fourth-order valence-electron chi connectivity index (χ4n) is 3.57. The van der Waals surface area contributed by atoms with Gasteiger partial charge in [0.2, 0.25) is 0 Å². The maximum absolute atomic E-state index is 13.3. The van der Waals surface area contributed by atoms with Gasteiger partial charge in [0, 0.05) is 16.9 Å². The molecule has 0 saturated heterocycles. The number of hydrogen-bond donors (Lipinski definition) is 3. The molecule has 174 valence electrons. The molecule has 8 heteroatoms. The fourth-order valence-corrected chi connectivity index (χ4v) is 3.57. The lowest BCUT2D eigenvalue weighted by Crippen LogP contribution is -2.46. The third-order valence-corrected chi connectivity index (χ3v) is 5.43. The van der Waals surface area contributed by atoms with Crippen LogP contribution in [0, 0.1) is 13.8 Å². The highest BCUT2D eigenvalue weighted by Gasteiger charge is 2.33. The highest BCUT2D eigenvalue weighted by Crippen LogP contribution is 2.34. The van der Waals surface area contributed by atoms with Crippen LogP contribution < -0.4 is 20.7 Å². The van der Waals surface area contributed by atoms with Crippen LogP contribution in [0.25, 0.3) is 0 Å². The van der Waals surface area contributed by atoms with Gasteiger partial charge in [0.25, 0.3) is 5.91 Å². The van der Waals surface area contributed by atoms with Gasteiger partial charge in [-0.15, -0.1) is 0 Å². The summed E-state index contributed by atoms with van der Waals surface area (Å²) >= 11 is 0. The lowest BCUT2D eigenvalue weighted by atomic mass is 9.94. The van der Waals surface area contributed by atoms with Gasteiger partial charge in [0.1, 0.15) is 5.75 Å². The Morgan fingerprint density at radius 1 is 1.09 bits per heavy atom. The number of amides is 3. The summed E-state index contributed by atoms with van der Waals surface area (Å²) in [5, 5.41) is 8.39. The molecule has 0 fully saturated rings. The smallest absolute Gasteiger partial charge is 0.347 e. The van der Waals surface area contributed by atoms with Crippen LogP contribution in [0.1, 0.15) is 43.5 Å². The number of esters is 1. The first kappa shape index (κ1) is 23.8. The summed E-state index contributed by atoms with van der Waals surface area (Å²) in [5.41, 5.74) is 4.14. The quantitative estimate of drug-likeness (QED) is 0.554. The number of carbonyl (C=O) groups excluding carboxylic acids is 3. The average molecular weight is 452 g/mol. The molecule has 8 nitrogen and oxygen atoms in total. The minimum absolute atomic E-state index is 0.239. The molecular formula is C25H29N3O5. The summed E-state index contributed by atoms with van der Waals surface area (Å²) in [6.45, 7) is 9.19. The zero-order valence-corrected chi connectivity index (χ0v) is 19.4. The minimum Gasteiger partial charge on any atom is -0.479 e. The van der Waals surface area contributed by atoms with E-state index in [1.807, 2.05) is 32.0 Å². The average Bonchev–Trinajstić information content (AvgIpc) is 2.76. The van der Waals surface area contributed by atoms with Gasteiger partial charge in [-0.3, -0.25) is 4.79 Å². The van der Waals surface area contributed by atoms with Gasteiger partial charge in [0.15, 0.2) is 6.10 Å². The first-order valence-electron chi connectivity index (χ1n) is 10.8. The van der Waals surface area contributed by atoms with Crippen molar-refractivity contribution in [3.63, 3.8) is 0 Å². The van der Waals surface area contributed by atoms with Crippen LogP contribution in [0.4, 0.5) is 10.5 Å². The van der Waals surface area contributed by atoms with E-state index in [0.717, 1.165) is 11.1 Å². The van der Waals surface area contributed by atoms with Crippen molar-refractivity contribution in [2.75, 3.05) is 11.9 Å². The van der Waals surface area contributed by atoms with Crippen molar-refractivity contribution in [3.8, 4) is 5.75 Å². The van der Waals surface area contributed by atoms with Crippen molar-refractivity contribution in [1.82, 2.24) is 10.6 Å². The SMILES string of the molecule is CCOC(=O)[C@@H](C)Oc1ccccc1[C@H]1NC(=O)NC(C)=C1C(=O)Nc1ccc(C)c(C)c1.